The van der Waals surface area contributed by atoms with E-state index in [0.717, 1.165) is 6.42 Å². The summed E-state index contributed by atoms with van der Waals surface area (Å²) in [5.74, 6) is 0. The Morgan fingerprint density at radius 1 is 0.860 bits per heavy atom. The quantitative estimate of drug-likeness (QED) is 0.264. The van der Waals surface area contributed by atoms with E-state index in [0.29, 0.717) is 5.41 Å². The summed E-state index contributed by atoms with van der Waals surface area (Å²) in [6, 6.07) is 16.7. The summed E-state index contributed by atoms with van der Waals surface area (Å²) in [5, 5.41) is 0. The molecule has 0 radical (unpaired) electrons. The van der Waals surface area contributed by atoms with Crippen molar-refractivity contribution in [1.29, 1.82) is 0 Å². The fraction of sp³-hybridized carbons (Fsp3) is 0.450. The first-order chi connectivity index (χ1) is 18.9. The van der Waals surface area contributed by atoms with Gasteiger partial charge in [-0.3, -0.25) is 6.08 Å². The van der Waals surface area contributed by atoms with Gasteiger partial charge < -0.3 is 24.8 Å². The average molecular weight is 693 g/mol. The zero-order valence-electron chi connectivity index (χ0n) is 28.5. The predicted octanol–water partition coefficient (Wildman–Crippen LogP) is 4.86. The van der Waals surface area contributed by atoms with Crippen LogP contribution in [0.1, 0.15) is 134 Å². The van der Waals surface area contributed by atoms with Gasteiger partial charge in [0.05, 0.1) is 0 Å². The second-order valence-corrected chi connectivity index (χ2v) is 17.2. The summed E-state index contributed by atoms with van der Waals surface area (Å²) in [6.45, 7) is 26.9. The number of hydrogen-bond donors (Lipinski definition) is 0. The minimum absolute atomic E-state index is 0. The molecule has 0 aliphatic heterocycles. The molecule has 0 bridgehead atoms. The fourth-order valence-corrected chi connectivity index (χ4v) is 6.68. The van der Waals surface area contributed by atoms with Crippen molar-refractivity contribution in [2.24, 2.45) is 0 Å². The molecule has 3 aliphatic rings. The first-order valence-corrected chi connectivity index (χ1v) is 16.6. The van der Waals surface area contributed by atoms with Crippen molar-refractivity contribution < 1.29 is 49.0 Å². The van der Waals surface area contributed by atoms with Crippen LogP contribution in [0.2, 0.25) is 0 Å². The van der Waals surface area contributed by atoms with Crippen molar-refractivity contribution in [2.45, 2.75) is 119 Å². The Bertz CT molecular complexity index is 1460. The summed E-state index contributed by atoms with van der Waals surface area (Å²) in [5.41, 5.74) is 17.8. The Morgan fingerprint density at radius 3 is 1.91 bits per heavy atom. The molecule has 0 atom stereocenters. The molecule has 0 saturated carbocycles. The van der Waals surface area contributed by atoms with Gasteiger partial charge in [0, 0.05) is 5.41 Å². The monoisotopic (exact) mass is 690 g/mol. The maximum absolute atomic E-state index is 3.65. The Balaban J connectivity index is 0.000000304. The van der Waals surface area contributed by atoms with Crippen LogP contribution in [-0.4, -0.2) is 3.21 Å². The van der Waals surface area contributed by atoms with Gasteiger partial charge in [-0.05, 0) is 58.4 Å². The number of halogens is 2. The summed E-state index contributed by atoms with van der Waals surface area (Å²) in [4.78, 5) is 0. The van der Waals surface area contributed by atoms with Crippen LogP contribution < -0.4 is 24.8 Å². The van der Waals surface area contributed by atoms with Gasteiger partial charge in [0.15, 0.2) is 0 Å². The third-order valence-corrected chi connectivity index (χ3v) is 8.65. The molecule has 0 saturated heterocycles. The molecule has 0 aromatic heterocycles. The van der Waals surface area contributed by atoms with E-state index in [1.807, 2.05) is 0 Å². The Labute approximate surface area is 290 Å². The second kappa shape index (κ2) is 13.9. The van der Waals surface area contributed by atoms with Crippen LogP contribution in [0.15, 0.2) is 48.5 Å². The van der Waals surface area contributed by atoms with Crippen LogP contribution in [0.3, 0.4) is 0 Å². The molecule has 0 spiro atoms. The van der Waals surface area contributed by atoms with E-state index in [-0.39, 0.29) is 35.6 Å². The Kier molecular flexibility index (Phi) is 12.2. The summed E-state index contributed by atoms with van der Waals surface area (Å²) in [6.07, 6.45) is 9.60. The predicted molar refractivity (Wildman–Crippen MR) is 178 cm³/mol. The van der Waals surface area contributed by atoms with Gasteiger partial charge in [0.2, 0.25) is 0 Å². The summed E-state index contributed by atoms with van der Waals surface area (Å²) >= 11 is 1.55. The smallest absolute Gasteiger partial charge is 1.00 e. The van der Waals surface area contributed by atoms with Crippen LogP contribution in [0.25, 0.3) is 22.3 Å². The standard InChI is InChI=1S/C25H25.C12H19.C3H6.2ClH.Zr/c1-14-12-24(3,4)22-8-16-7-17-9-23-19(15(2)13-25(23,5)6)11-21(17)20(16)10-18(14)22;1-5-6-10-7-8-11(9-10)12(2,3)4;1-3-2;;;/h8-12H,7H2,1-6H3;7-9H,5-6H2,1-4H3;1-2H3;2*1H;/q2*-1;;;;+2/p-2. The van der Waals surface area contributed by atoms with E-state index in [1.165, 1.54) is 82.8 Å². The number of fused-ring (bicyclic) bond motifs is 5. The van der Waals surface area contributed by atoms with E-state index in [4.69, 9.17) is 0 Å². The van der Waals surface area contributed by atoms with Crippen LogP contribution >= 0.6 is 0 Å². The molecule has 0 nitrogen and oxygen atoms in total. The van der Waals surface area contributed by atoms with E-state index < -0.39 is 0 Å². The molecular weight excluding hydrogens is 643 g/mol. The molecule has 3 aliphatic carbocycles. The topological polar surface area (TPSA) is 0 Å². The molecule has 0 amide bonds. The van der Waals surface area contributed by atoms with Crippen molar-refractivity contribution in [3.63, 3.8) is 0 Å². The number of hydrogen-bond acceptors (Lipinski definition) is 0. The molecule has 6 rings (SSSR count). The van der Waals surface area contributed by atoms with Gasteiger partial charge in [-0.2, -0.15) is 28.8 Å². The largest absolute Gasteiger partial charge is 1.00 e. The van der Waals surface area contributed by atoms with Gasteiger partial charge in [-0.15, -0.1) is 11.6 Å². The van der Waals surface area contributed by atoms with Gasteiger partial charge in [-0.25, -0.2) is 11.6 Å². The maximum atomic E-state index is 3.65. The van der Waals surface area contributed by atoms with E-state index in [1.54, 1.807) is 24.2 Å². The molecule has 0 heterocycles. The van der Waals surface area contributed by atoms with E-state index >= 15 is 0 Å². The van der Waals surface area contributed by atoms with Gasteiger partial charge in [0.1, 0.15) is 0 Å². The van der Waals surface area contributed by atoms with Gasteiger partial charge in [-0.1, -0.05) is 104 Å². The van der Waals surface area contributed by atoms with Crippen LogP contribution in [-0.2, 0) is 53.3 Å². The zero-order valence-corrected chi connectivity index (χ0v) is 32.5. The average Bonchev–Trinajstić information content (AvgIpc) is 3.55. The fourth-order valence-electron chi connectivity index (χ4n) is 6.68. The van der Waals surface area contributed by atoms with Crippen molar-refractivity contribution in [3.05, 3.63) is 99.1 Å². The molecular formula is C40H50Cl2Zr-2. The first kappa shape index (κ1) is 37.8. The zero-order chi connectivity index (χ0) is 30.5. The normalized spacial score (nSPS) is 16.0. The SMILES string of the molecule is CC1=[C-]C(C)(C)c2cc3c(cc21)-c1cc2c(cc1C3)C(C)(C)C=C2C.CCCc1cc(C(C)(C)C)c[cH-]1.C[C](C)=[Zr+2].[Cl-].[Cl-]. The van der Waals surface area contributed by atoms with E-state index in [2.05, 4.69) is 138 Å². The van der Waals surface area contributed by atoms with Crippen LogP contribution in [0, 0.1) is 6.08 Å². The van der Waals surface area contributed by atoms with Gasteiger partial charge >= 0.3 is 41.3 Å². The maximum Gasteiger partial charge on any atom is -1.00 e. The number of benzene rings is 2. The van der Waals surface area contributed by atoms with E-state index in [9.17, 15) is 0 Å². The summed E-state index contributed by atoms with van der Waals surface area (Å²) < 4.78 is 1.51. The third kappa shape index (κ3) is 8.07. The Hall–Kier alpha value is -1.40. The molecule has 3 aromatic carbocycles. The number of allylic oxidation sites excluding steroid dienone is 4. The molecule has 43 heavy (non-hydrogen) atoms. The minimum Gasteiger partial charge on any atom is -1.00 e. The van der Waals surface area contributed by atoms with Crippen molar-refractivity contribution >= 4 is 14.4 Å². The Morgan fingerprint density at radius 2 is 1.40 bits per heavy atom. The second-order valence-electron chi connectivity index (χ2n) is 14.7. The summed E-state index contributed by atoms with van der Waals surface area (Å²) in [7, 11) is 0. The van der Waals surface area contributed by atoms with Gasteiger partial charge in [0.25, 0.3) is 0 Å². The minimum atomic E-state index is 0. The number of aryl methyl sites for hydroxylation is 1. The first-order valence-electron chi connectivity index (χ1n) is 15.4. The molecule has 0 N–H and O–H groups in total. The molecule has 0 fully saturated rings. The molecule has 3 aromatic rings. The van der Waals surface area contributed by atoms with Crippen molar-refractivity contribution in [1.82, 2.24) is 0 Å². The van der Waals surface area contributed by atoms with Crippen LogP contribution in [0.5, 0.6) is 0 Å². The molecule has 0 unspecified atom stereocenters. The van der Waals surface area contributed by atoms with Crippen molar-refractivity contribution in [3.8, 4) is 11.1 Å². The molecule has 230 valence electrons. The number of rotatable bonds is 2. The van der Waals surface area contributed by atoms with Crippen LogP contribution in [0.4, 0.5) is 0 Å². The molecule has 3 heteroatoms. The van der Waals surface area contributed by atoms with Crippen molar-refractivity contribution in [2.75, 3.05) is 0 Å². The third-order valence-electron chi connectivity index (χ3n) is 8.65.